The van der Waals surface area contributed by atoms with E-state index >= 15 is 0 Å². The zero-order valence-electron chi connectivity index (χ0n) is 22.3. The molecule has 0 aliphatic heterocycles. The Bertz CT molecular complexity index is 691. The van der Waals surface area contributed by atoms with Gasteiger partial charge in [-0.15, -0.1) is 5.10 Å². The van der Waals surface area contributed by atoms with Crippen LogP contribution < -0.4 is 5.32 Å². The van der Waals surface area contributed by atoms with Gasteiger partial charge in [-0.05, 0) is 52.2 Å². The quantitative estimate of drug-likeness (QED) is 0.191. The molecule has 1 aromatic rings. The van der Waals surface area contributed by atoms with Crippen LogP contribution in [0.4, 0.5) is 0 Å². The molecule has 9 heteroatoms. The fourth-order valence-electron chi connectivity index (χ4n) is 3.09. The van der Waals surface area contributed by atoms with E-state index in [1.807, 2.05) is 48.6 Å². The van der Waals surface area contributed by atoms with E-state index in [1.54, 1.807) is 0 Å². The van der Waals surface area contributed by atoms with Crippen LogP contribution in [-0.4, -0.2) is 75.4 Å². The van der Waals surface area contributed by atoms with Crippen molar-refractivity contribution >= 4 is 18.2 Å². The number of nitrogens with one attached hydrogen (secondary N) is 1. The maximum Gasteiger partial charge on any atom is 0.207 e. The molecule has 1 N–H and O–H groups in total. The number of nitrogens with zero attached hydrogens (tertiary/aromatic N) is 4. The number of thioether (sulfide) groups is 1. The molecule has 0 fully saturated rings. The first kappa shape index (κ1) is 29.9. The van der Waals surface area contributed by atoms with Crippen molar-refractivity contribution in [2.24, 2.45) is 0 Å². The molecule has 0 saturated carbocycles. The van der Waals surface area contributed by atoms with E-state index in [1.165, 1.54) is 0 Å². The van der Waals surface area contributed by atoms with Crippen LogP contribution in [-0.2, 0) is 26.3 Å². The Morgan fingerprint density at radius 1 is 1.15 bits per heavy atom. The SMILES string of the molecule is CC(C)SCCON(C)CCC(C)(C)c1cn(CCC(C)(C)OCCC(C)(C)NC=O)nn1. The minimum absolute atomic E-state index is 0.0915. The Labute approximate surface area is 205 Å². The van der Waals surface area contributed by atoms with Crippen LogP contribution >= 0.6 is 11.8 Å². The van der Waals surface area contributed by atoms with Gasteiger partial charge in [-0.3, -0.25) is 14.3 Å². The lowest BCUT2D eigenvalue weighted by Crippen LogP contribution is -2.40. The summed E-state index contributed by atoms with van der Waals surface area (Å²) in [6.07, 6.45) is 5.30. The van der Waals surface area contributed by atoms with Gasteiger partial charge in [-0.1, -0.05) is 32.9 Å². The van der Waals surface area contributed by atoms with E-state index < -0.39 is 0 Å². The van der Waals surface area contributed by atoms with Crippen LogP contribution in [0.15, 0.2) is 6.20 Å². The van der Waals surface area contributed by atoms with Gasteiger partial charge in [0.05, 0.1) is 17.9 Å². The van der Waals surface area contributed by atoms with Gasteiger partial charge in [0, 0.05) is 49.6 Å². The second kappa shape index (κ2) is 13.7. The first-order chi connectivity index (χ1) is 15.3. The number of carbonyl (C=O) groups is 1. The number of rotatable bonds is 18. The fraction of sp³-hybridized carbons (Fsp3) is 0.875. The second-order valence-corrected chi connectivity index (χ2v) is 12.5. The van der Waals surface area contributed by atoms with E-state index in [4.69, 9.17) is 9.57 Å². The van der Waals surface area contributed by atoms with Gasteiger partial charge in [0.2, 0.25) is 6.41 Å². The molecule has 0 aliphatic carbocycles. The normalized spacial score (nSPS) is 13.2. The van der Waals surface area contributed by atoms with Crippen molar-refractivity contribution in [3.8, 4) is 0 Å². The molecule has 0 bridgehead atoms. The molecule has 0 atom stereocenters. The summed E-state index contributed by atoms with van der Waals surface area (Å²) in [6, 6.07) is 0. The topological polar surface area (TPSA) is 81.5 Å². The predicted molar refractivity (Wildman–Crippen MR) is 136 cm³/mol. The van der Waals surface area contributed by atoms with Gasteiger partial charge in [0.1, 0.15) is 0 Å². The maximum absolute atomic E-state index is 10.7. The third-order valence-corrected chi connectivity index (χ3v) is 6.81. The molecule has 0 saturated heterocycles. The molecule has 0 aromatic carbocycles. The van der Waals surface area contributed by atoms with Crippen molar-refractivity contribution in [3.63, 3.8) is 0 Å². The van der Waals surface area contributed by atoms with Gasteiger partial charge < -0.3 is 10.1 Å². The lowest BCUT2D eigenvalue weighted by molar-refractivity contribution is -0.135. The van der Waals surface area contributed by atoms with Gasteiger partial charge in [-0.25, -0.2) is 0 Å². The molecular weight excluding hydrogens is 438 g/mol. The number of ether oxygens (including phenoxy) is 1. The Balaban J connectivity index is 2.44. The molecule has 1 aromatic heterocycles. The zero-order valence-corrected chi connectivity index (χ0v) is 23.1. The second-order valence-electron chi connectivity index (χ2n) is 10.9. The number of aromatic nitrogens is 3. The maximum atomic E-state index is 10.7. The summed E-state index contributed by atoms with van der Waals surface area (Å²) >= 11 is 1.91. The van der Waals surface area contributed by atoms with Gasteiger partial charge >= 0.3 is 0 Å². The molecule has 0 spiro atoms. The largest absolute Gasteiger partial charge is 0.375 e. The molecule has 0 unspecified atom stereocenters. The lowest BCUT2D eigenvalue weighted by Gasteiger charge is -2.29. The van der Waals surface area contributed by atoms with Crippen LogP contribution in [0.25, 0.3) is 0 Å². The van der Waals surface area contributed by atoms with Crippen LogP contribution in [0.1, 0.15) is 80.3 Å². The summed E-state index contributed by atoms with van der Waals surface area (Å²) < 4.78 is 7.99. The average Bonchev–Trinajstić information content (AvgIpc) is 3.18. The fourth-order valence-corrected chi connectivity index (χ4v) is 3.74. The van der Waals surface area contributed by atoms with Crippen LogP contribution in [0, 0.1) is 0 Å². The molecule has 33 heavy (non-hydrogen) atoms. The molecule has 1 heterocycles. The zero-order chi connectivity index (χ0) is 25.1. The summed E-state index contributed by atoms with van der Waals surface area (Å²) in [5, 5.41) is 14.2. The van der Waals surface area contributed by atoms with Crippen molar-refractivity contribution in [1.29, 1.82) is 0 Å². The van der Waals surface area contributed by atoms with Crippen LogP contribution in [0.2, 0.25) is 0 Å². The lowest BCUT2D eigenvalue weighted by atomic mass is 9.86. The van der Waals surface area contributed by atoms with Gasteiger partial charge in [0.25, 0.3) is 0 Å². The minimum atomic E-state index is -0.285. The molecule has 192 valence electrons. The van der Waals surface area contributed by atoms with E-state index in [0.717, 1.165) is 56.8 Å². The predicted octanol–water partition coefficient (Wildman–Crippen LogP) is 4.05. The Hall–Kier alpha value is -1.16. The Morgan fingerprint density at radius 2 is 1.85 bits per heavy atom. The molecular formula is C24H47N5O3S. The standard InChI is InChI=1S/C24H47N5O3S/c1-20(2)33-17-16-32-28(9)13-10-22(3,4)21-18-29(27-26-21)14-11-24(7,8)31-15-12-23(5,6)25-19-30/h18-20H,10-17H2,1-9H3,(H,25,30). The highest BCUT2D eigenvalue weighted by molar-refractivity contribution is 7.99. The van der Waals surface area contributed by atoms with Crippen LogP contribution in [0.3, 0.4) is 0 Å². The first-order valence-corrected chi connectivity index (χ1v) is 13.0. The smallest absolute Gasteiger partial charge is 0.207 e. The number of aryl methyl sites for hydroxylation is 1. The van der Waals surface area contributed by atoms with E-state index in [9.17, 15) is 4.79 Å². The molecule has 0 radical (unpaired) electrons. The van der Waals surface area contributed by atoms with Crippen LogP contribution in [0.5, 0.6) is 0 Å². The highest BCUT2D eigenvalue weighted by Crippen LogP contribution is 2.26. The summed E-state index contributed by atoms with van der Waals surface area (Å²) in [5.41, 5.74) is 0.348. The number of hydrogen-bond acceptors (Lipinski definition) is 7. The van der Waals surface area contributed by atoms with Crippen molar-refractivity contribution in [2.45, 2.75) is 103 Å². The molecule has 8 nitrogen and oxygen atoms in total. The third-order valence-electron chi connectivity index (χ3n) is 5.74. The Kier molecular flexibility index (Phi) is 12.4. The summed E-state index contributed by atoms with van der Waals surface area (Å²) in [7, 11) is 1.99. The molecule has 1 rings (SSSR count). The highest BCUT2D eigenvalue weighted by Gasteiger charge is 2.26. The summed E-state index contributed by atoms with van der Waals surface area (Å²) in [4.78, 5) is 16.5. The van der Waals surface area contributed by atoms with E-state index in [-0.39, 0.29) is 16.6 Å². The van der Waals surface area contributed by atoms with Gasteiger partial charge in [0.15, 0.2) is 0 Å². The van der Waals surface area contributed by atoms with Crippen molar-refractivity contribution in [3.05, 3.63) is 11.9 Å². The first-order valence-electron chi connectivity index (χ1n) is 12.0. The van der Waals surface area contributed by atoms with E-state index in [2.05, 4.69) is 57.2 Å². The highest BCUT2D eigenvalue weighted by atomic mass is 32.2. The number of hydrogen-bond donors (Lipinski definition) is 1. The summed E-state index contributed by atoms with van der Waals surface area (Å²) in [5.74, 6) is 1.01. The average molecular weight is 486 g/mol. The molecule has 0 aliphatic rings. The number of amides is 1. The number of carbonyl (C=O) groups excluding carboxylic acids is 1. The van der Waals surface area contributed by atoms with E-state index in [0.29, 0.717) is 11.9 Å². The monoisotopic (exact) mass is 485 g/mol. The van der Waals surface area contributed by atoms with Gasteiger partial charge in [-0.2, -0.15) is 16.8 Å². The number of hydroxylamine groups is 2. The van der Waals surface area contributed by atoms with Crippen molar-refractivity contribution in [1.82, 2.24) is 25.4 Å². The molecule has 1 amide bonds. The summed E-state index contributed by atoms with van der Waals surface area (Å²) in [6.45, 7) is 19.9. The van der Waals surface area contributed by atoms with Crippen molar-refractivity contribution < 1.29 is 14.4 Å². The minimum Gasteiger partial charge on any atom is -0.375 e. The van der Waals surface area contributed by atoms with Crippen molar-refractivity contribution in [2.75, 3.05) is 32.6 Å². The third kappa shape index (κ3) is 12.8. The Morgan fingerprint density at radius 3 is 2.48 bits per heavy atom.